The van der Waals surface area contributed by atoms with E-state index in [2.05, 4.69) is 21.1 Å². The second kappa shape index (κ2) is 16.6. The van der Waals surface area contributed by atoms with Crippen molar-refractivity contribution in [3.63, 3.8) is 0 Å². The molecule has 0 unspecified atom stereocenters. The second-order valence-electron chi connectivity index (χ2n) is 15.2. The van der Waals surface area contributed by atoms with Gasteiger partial charge in [0.15, 0.2) is 5.60 Å². The van der Waals surface area contributed by atoms with E-state index in [-0.39, 0.29) is 37.6 Å². The smallest absolute Gasteiger partial charge is 0.289 e. The Morgan fingerprint density at radius 2 is 1.78 bits per heavy atom. The van der Waals surface area contributed by atoms with E-state index in [0.29, 0.717) is 29.3 Å². The molecular formula is C37H54ClN5O7. The zero-order chi connectivity index (χ0) is 36.8. The quantitative estimate of drug-likeness (QED) is 0.211. The molecule has 12 nitrogen and oxygen atoms in total. The number of carbonyl (C=O) groups is 5. The minimum absolute atomic E-state index is 0.0205. The fraction of sp³-hybridized carbons (Fsp3) is 0.676. The number of nitrogens with zero attached hydrogens (tertiary/aromatic N) is 2. The highest BCUT2D eigenvalue weighted by Gasteiger charge is 2.55. The number of likely N-dealkylation sites (N-methyl/N-ethyl adjacent to an activating group) is 1. The number of aryl methyl sites for hydroxylation is 1. The molecule has 2 aliphatic heterocycles. The van der Waals surface area contributed by atoms with Crippen molar-refractivity contribution in [1.29, 1.82) is 0 Å². The van der Waals surface area contributed by atoms with Crippen LogP contribution >= 0.6 is 11.6 Å². The molecule has 4 amide bonds. The van der Waals surface area contributed by atoms with Crippen molar-refractivity contribution in [3.05, 3.63) is 28.3 Å². The van der Waals surface area contributed by atoms with Crippen LogP contribution < -0.4 is 20.7 Å². The molecule has 1 saturated carbocycles. The van der Waals surface area contributed by atoms with E-state index >= 15 is 0 Å². The first-order valence-corrected chi connectivity index (χ1v) is 18.3. The molecule has 4 atom stereocenters. The van der Waals surface area contributed by atoms with Gasteiger partial charge in [-0.15, -0.1) is 0 Å². The Balaban J connectivity index is 1.63. The van der Waals surface area contributed by atoms with Crippen molar-refractivity contribution in [2.45, 2.75) is 129 Å². The summed E-state index contributed by atoms with van der Waals surface area (Å²) in [4.78, 5) is 74.9. The zero-order valence-electron chi connectivity index (χ0n) is 30.6. The molecule has 1 aliphatic carbocycles. The lowest BCUT2D eigenvalue weighted by molar-refractivity contribution is -0.145. The van der Waals surface area contributed by atoms with Gasteiger partial charge in [0.25, 0.3) is 5.91 Å². The topological polar surface area (TPSA) is 156 Å². The van der Waals surface area contributed by atoms with Crippen LogP contribution in [0.3, 0.4) is 0 Å². The number of ketones is 1. The van der Waals surface area contributed by atoms with Crippen LogP contribution in [0.2, 0.25) is 5.02 Å². The van der Waals surface area contributed by atoms with Crippen molar-refractivity contribution in [3.8, 4) is 5.75 Å². The largest absolute Gasteiger partial charge is 0.495 e. The standard InChI is InChI=1S/C37H54ClN5O7/c1-8-13-26(30(45)34(47)39-6)40-33(46)28-20-37(19-27(42-50-37)24-16-22(2)31(49-7)25(38)18-24)21-43(28)35(48)32(36(3,4)5)41-29(44)17-23-14-11-9-10-12-15-23/h16,18,23,26,28,32H,8-15,17,19-21H2,1-7H3,(H,39,47)(H,40,46)(H,41,44)/t26-,28-,32+,37+/m0/s1. The van der Waals surface area contributed by atoms with E-state index in [1.807, 2.05) is 40.7 Å². The molecule has 276 valence electrons. The highest BCUT2D eigenvalue weighted by molar-refractivity contribution is 6.38. The van der Waals surface area contributed by atoms with Gasteiger partial charge < -0.3 is 30.4 Å². The normalized spacial score (nSPS) is 22.2. The summed E-state index contributed by atoms with van der Waals surface area (Å²) in [6.07, 6.45) is 8.02. The number of methoxy groups -OCH3 is 1. The van der Waals surface area contributed by atoms with Gasteiger partial charge in [0.2, 0.25) is 23.5 Å². The molecule has 2 heterocycles. The number of likely N-dealkylation sites (tertiary alicyclic amines) is 1. The molecule has 1 spiro atoms. The highest BCUT2D eigenvalue weighted by atomic mass is 35.5. The van der Waals surface area contributed by atoms with Gasteiger partial charge in [0.1, 0.15) is 17.8 Å². The van der Waals surface area contributed by atoms with Crippen molar-refractivity contribution in [2.24, 2.45) is 16.5 Å². The number of halogens is 1. The Morgan fingerprint density at radius 3 is 2.36 bits per heavy atom. The Hall–Kier alpha value is -3.67. The third-order valence-electron chi connectivity index (χ3n) is 10.1. The van der Waals surface area contributed by atoms with E-state index in [1.165, 1.54) is 24.8 Å². The van der Waals surface area contributed by atoms with Crippen molar-refractivity contribution >= 4 is 46.7 Å². The molecule has 1 aromatic carbocycles. The summed E-state index contributed by atoms with van der Waals surface area (Å²) in [5.41, 5.74) is 0.407. The van der Waals surface area contributed by atoms with Crippen LogP contribution in [0.15, 0.2) is 17.3 Å². The predicted octanol–water partition coefficient (Wildman–Crippen LogP) is 4.61. The van der Waals surface area contributed by atoms with Crippen molar-refractivity contribution in [2.75, 3.05) is 20.7 Å². The minimum atomic E-state index is -1.07. The maximum atomic E-state index is 14.6. The molecule has 3 aliphatic rings. The lowest BCUT2D eigenvalue weighted by atomic mass is 9.85. The van der Waals surface area contributed by atoms with Gasteiger partial charge in [0.05, 0.1) is 30.4 Å². The number of benzene rings is 1. The van der Waals surface area contributed by atoms with E-state index < -0.39 is 52.6 Å². The molecule has 2 fully saturated rings. The number of rotatable bonds is 12. The molecule has 1 aromatic rings. The molecule has 3 N–H and O–H groups in total. The third-order valence-corrected chi connectivity index (χ3v) is 10.4. The molecule has 13 heteroatoms. The Morgan fingerprint density at radius 1 is 1.10 bits per heavy atom. The van der Waals surface area contributed by atoms with Gasteiger partial charge in [-0.05, 0) is 55.2 Å². The highest BCUT2D eigenvalue weighted by Crippen LogP contribution is 2.41. The van der Waals surface area contributed by atoms with Crippen LogP contribution in [0, 0.1) is 18.3 Å². The van der Waals surface area contributed by atoms with E-state index in [4.69, 9.17) is 21.2 Å². The maximum Gasteiger partial charge on any atom is 0.289 e. The molecule has 0 radical (unpaired) electrons. The van der Waals surface area contributed by atoms with Gasteiger partial charge in [-0.2, -0.15) is 0 Å². The van der Waals surface area contributed by atoms with Gasteiger partial charge in [-0.1, -0.05) is 76.6 Å². The van der Waals surface area contributed by atoms with Crippen LogP contribution in [0.25, 0.3) is 0 Å². The van der Waals surface area contributed by atoms with Crippen LogP contribution in [-0.2, 0) is 28.8 Å². The number of amides is 4. The van der Waals surface area contributed by atoms with Gasteiger partial charge in [0, 0.05) is 31.9 Å². The van der Waals surface area contributed by atoms with Crippen LogP contribution in [0.1, 0.15) is 109 Å². The Bertz CT molecular complexity index is 1460. The molecule has 4 rings (SSSR count). The number of oxime groups is 1. The van der Waals surface area contributed by atoms with Gasteiger partial charge >= 0.3 is 0 Å². The molecular weight excluding hydrogens is 662 g/mol. The monoisotopic (exact) mass is 715 g/mol. The summed E-state index contributed by atoms with van der Waals surface area (Å²) in [7, 11) is 2.90. The zero-order valence-corrected chi connectivity index (χ0v) is 31.3. The molecule has 0 aromatic heterocycles. The summed E-state index contributed by atoms with van der Waals surface area (Å²) in [5.74, 6) is -1.93. The fourth-order valence-electron chi connectivity index (χ4n) is 7.41. The Kier molecular flexibility index (Phi) is 13.0. The van der Waals surface area contributed by atoms with Crippen LogP contribution in [0.4, 0.5) is 0 Å². The number of ether oxygens (including phenoxy) is 1. The van der Waals surface area contributed by atoms with E-state index in [9.17, 15) is 24.0 Å². The summed E-state index contributed by atoms with van der Waals surface area (Å²) >= 11 is 6.50. The summed E-state index contributed by atoms with van der Waals surface area (Å²) in [5, 5.41) is 13.0. The third kappa shape index (κ3) is 9.16. The predicted molar refractivity (Wildman–Crippen MR) is 191 cm³/mol. The lowest BCUT2D eigenvalue weighted by Crippen LogP contribution is -2.59. The summed E-state index contributed by atoms with van der Waals surface area (Å²) < 4.78 is 5.41. The van der Waals surface area contributed by atoms with Gasteiger partial charge in [-0.3, -0.25) is 24.0 Å². The molecule has 50 heavy (non-hydrogen) atoms. The van der Waals surface area contributed by atoms with Crippen LogP contribution in [0.5, 0.6) is 5.75 Å². The number of hydrogen-bond donors (Lipinski definition) is 3. The Labute approximate surface area is 300 Å². The first kappa shape index (κ1) is 39.1. The lowest BCUT2D eigenvalue weighted by Gasteiger charge is -2.36. The van der Waals surface area contributed by atoms with Crippen molar-refractivity contribution < 1.29 is 33.5 Å². The van der Waals surface area contributed by atoms with Crippen molar-refractivity contribution in [1.82, 2.24) is 20.9 Å². The number of nitrogens with one attached hydrogen (secondary N) is 3. The number of Topliss-reactive ketones (excluding diaryl/α,β-unsaturated/α-hetero) is 1. The van der Waals surface area contributed by atoms with E-state index in [1.54, 1.807) is 13.2 Å². The maximum absolute atomic E-state index is 14.6. The fourth-order valence-corrected chi connectivity index (χ4v) is 7.76. The van der Waals surface area contributed by atoms with Gasteiger partial charge in [-0.25, -0.2) is 0 Å². The number of carbonyl (C=O) groups excluding carboxylic acids is 5. The second-order valence-corrected chi connectivity index (χ2v) is 15.6. The molecule has 0 bridgehead atoms. The first-order chi connectivity index (χ1) is 23.6. The average Bonchev–Trinajstić information content (AvgIpc) is 3.56. The SMILES string of the molecule is CCC[C@H](NC(=O)[C@@H]1C[C@]2(CC(c3cc(C)c(OC)c(Cl)c3)=NO2)CN1C(=O)[C@@H](NC(=O)CC1CCCCCC1)C(C)(C)C)C(=O)C(=O)NC. The summed E-state index contributed by atoms with van der Waals surface area (Å²) in [6.45, 7) is 9.38. The minimum Gasteiger partial charge on any atom is -0.495 e. The van der Waals surface area contributed by atoms with Crippen LogP contribution in [-0.4, -0.2) is 84.5 Å². The number of hydrogen-bond acceptors (Lipinski definition) is 8. The first-order valence-electron chi connectivity index (χ1n) is 17.9. The van der Waals surface area contributed by atoms with E-state index in [0.717, 1.165) is 36.8 Å². The summed E-state index contributed by atoms with van der Waals surface area (Å²) in [6, 6.07) is 0.580. The average molecular weight is 716 g/mol. The molecule has 1 saturated heterocycles.